The average Bonchev–Trinajstić information content (AvgIpc) is 3.97. The summed E-state index contributed by atoms with van der Waals surface area (Å²) in [6, 6.07) is 5.68. The minimum absolute atomic E-state index is 0.00124. The maximum absolute atomic E-state index is 15.2. The van der Waals surface area contributed by atoms with E-state index in [2.05, 4.69) is 20.2 Å². The predicted octanol–water partition coefficient (Wildman–Crippen LogP) is 6.53. The van der Waals surface area contributed by atoms with E-state index in [-0.39, 0.29) is 69.9 Å². The predicted molar refractivity (Wildman–Crippen MR) is 200 cm³/mol. The molecule has 16 nitrogen and oxygen atoms in total. The minimum Gasteiger partial charge on any atom is -0.461 e. The highest BCUT2D eigenvalue weighted by Gasteiger charge is 2.49. The highest BCUT2D eigenvalue weighted by atomic mass is 32.2. The summed E-state index contributed by atoms with van der Waals surface area (Å²) >= 11 is 0. The summed E-state index contributed by atoms with van der Waals surface area (Å²) < 4.78 is 110. The van der Waals surface area contributed by atoms with Gasteiger partial charge in [-0.2, -0.15) is 41.8 Å². The molecule has 7 heterocycles. The van der Waals surface area contributed by atoms with Gasteiger partial charge < -0.3 is 18.2 Å². The zero-order valence-corrected chi connectivity index (χ0v) is 32.3. The number of fused-ring (bicyclic) bond motifs is 5. The van der Waals surface area contributed by atoms with Crippen LogP contribution in [-0.4, -0.2) is 90.4 Å². The van der Waals surface area contributed by atoms with Crippen LogP contribution in [0.25, 0.3) is 44.2 Å². The van der Waals surface area contributed by atoms with Crippen LogP contribution in [0.5, 0.6) is 11.9 Å². The van der Waals surface area contributed by atoms with Crippen LogP contribution >= 0.6 is 0 Å². The molecular weight excluding hydrogens is 791 g/mol. The van der Waals surface area contributed by atoms with Crippen LogP contribution in [-0.2, 0) is 35.1 Å². The third-order valence-electron chi connectivity index (χ3n) is 11.5. The molecule has 3 saturated heterocycles. The highest BCUT2D eigenvalue weighted by molar-refractivity contribution is 7.87. The molecule has 0 N–H and O–H groups in total. The number of hydrogen-bond acceptors (Lipinski definition) is 12. The van der Waals surface area contributed by atoms with E-state index in [0.29, 0.717) is 31.5 Å². The lowest BCUT2D eigenvalue weighted by molar-refractivity contribution is -0.387. The van der Waals surface area contributed by atoms with Gasteiger partial charge in [0.25, 0.3) is 11.6 Å². The Morgan fingerprint density at radius 2 is 1.91 bits per heavy atom. The number of ether oxygens (including phenoxy) is 2. The molecule has 3 aliphatic rings. The minimum atomic E-state index is -4.99. The quantitative estimate of drug-likeness (QED) is 0.0668. The summed E-state index contributed by atoms with van der Waals surface area (Å²) in [4.78, 5) is 21.2. The van der Waals surface area contributed by atoms with Crippen molar-refractivity contribution >= 4 is 48.8 Å². The fourth-order valence-electron chi connectivity index (χ4n) is 9.06. The van der Waals surface area contributed by atoms with E-state index in [1.807, 2.05) is 4.90 Å². The zero-order valence-electron chi connectivity index (χ0n) is 31.5. The average molecular weight is 828 g/mol. The molecule has 0 spiro atoms. The maximum atomic E-state index is 15.2. The Morgan fingerprint density at radius 3 is 2.66 bits per heavy atom. The topological polar surface area (TPSA) is 175 Å². The Balaban J connectivity index is 1.27. The van der Waals surface area contributed by atoms with Crippen molar-refractivity contribution in [2.45, 2.75) is 74.5 Å². The molecule has 6 aromatic rings. The van der Waals surface area contributed by atoms with Gasteiger partial charge in [-0.15, -0.1) is 0 Å². The van der Waals surface area contributed by atoms with E-state index in [9.17, 15) is 22.9 Å². The van der Waals surface area contributed by atoms with Crippen LogP contribution in [0.15, 0.2) is 41.4 Å². The number of nitro groups is 1. The number of para-hydroxylation sites is 1. The normalized spacial score (nSPS) is 21.7. The molecule has 0 radical (unpaired) electrons. The van der Waals surface area contributed by atoms with Crippen LogP contribution in [0.1, 0.15) is 55.9 Å². The highest BCUT2D eigenvalue weighted by Crippen LogP contribution is 2.48. The number of aryl methyl sites for hydroxylation is 3. The molecule has 9 rings (SSSR count). The van der Waals surface area contributed by atoms with Gasteiger partial charge in [0, 0.05) is 50.7 Å². The standard InChI is InChI=1S/C37H37F4N9O7S/c1-20-15-24-22(17-42-49(24)26-11-6-7-14-55-26)27(29(20)37(39,40)41)30-32-31(47(3)45-30)28-33(46(32)2)43-35(56-19-36-12-8-13-48(36)18-21(38)16-36)44-34(28)57-58(53,54)25-10-5-4-9-23(25)50(51)52/h4-5,9-10,15,17,21,26H,6-8,11-14,16,18-19H2,1-3H3/t21-,26?,36+/m1/s1. The fourth-order valence-corrected chi connectivity index (χ4v) is 10.1. The maximum Gasteiger partial charge on any atom is 0.417 e. The summed E-state index contributed by atoms with van der Waals surface area (Å²) in [6.45, 7) is 2.71. The lowest BCUT2D eigenvalue weighted by Crippen LogP contribution is -2.43. The number of halogens is 4. The molecule has 0 amide bonds. The SMILES string of the molecule is Cc1cc2c(cnn2C2CCCCO2)c(-c2nn(C)c3c4c(OS(=O)(=O)c5ccccc5[N+](=O)[O-])nc(OC[C@@]56CCCN5C[C@H](F)C6)nc4n(C)c23)c1C(F)(F)F. The number of nitrogens with zero attached hydrogens (tertiary/aromatic N) is 9. The van der Waals surface area contributed by atoms with Gasteiger partial charge in [-0.25, -0.2) is 9.07 Å². The van der Waals surface area contributed by atoms with Crippen molar-refractivity contribution in [3.63, 3.8) is 0 Å². The van der Waals surface area contributed by atoms with Gasteiger partial charge in [-0.1, -0.05) is 12.1 Å². The van der Waals surface area contributed by atoms with Crippen LogP contribution in [0.4, 0.5) is 23.2 Å². The van der Waals surface area contributed by atoms with E-state index in [1.54, 1.807) is 4.68 Å². The summed E-state index contributed by atoms with van der Waals surface area (Å²) in [5.74, 6) is -0.610. The van der Waals surface area contributed by atoms with E-state index in [0.717, 1.165) is 31.4 Å². The first-order chi connectivity index (χ1) is 27.6. The Labute approximate surface area is 327 Å². The summed E-state index contributed by atoms with van der Waals surface area (Å²) in [7, 11) is -2.00. The molecule has 2 aromatic carbocycles. The van der Waals surface area contributed by atoms with Gasteiger partial charge in [0.1, 0.15) is 29.4 Å². The Kier molecular flexibility index (Phi) is 8.93. The number of benzene rings is 2. The van der Waals surface area contributed by atoms with E-state index in [4.69, 9.17) is 13.7 Å². The first kappa shape index (κ1) is 38.1. The lowest BCUT2D eigenvalue weighted by Gasteiger charge is -2.30. The second-order valence-corrected chi connectivity index (χ2v) is 16.7. The molecule has 0 bridgehead atoms. The Hall–Kier alpha value is -5.41. The van der Waals surface area contributed by atoms with Crippen molar-refractivity contribution in [1.82, 2.24) is 39.0 Å². The number of rotatable bonds is 9. The van der Waals surface area contributed by atoms with E-state index >= 15 is 13.2 Å². The molecule has 0 aliphatic carbocycles. The number of aromatic nitrogens is 7. The number of alkyl halides is 4. The molecule has 1 unspecified atom stereocenters. The molecule has 3 fully saturated rings. The molecule has 21 heteroatoms. The first-order valence-electron chi connectivity index (χ1n) is 18.7. The second-order valence-electron chi connectivity index (χ2n) is 15.1. The van der Waals surface area contributed by atoms with Gasteiger partial charge in [0.05, 0.1) is 33.3 Å². The van der Waals surface area contributed by atoms with Crippen molar-refractivity contribution < 1.29 is 44.6 Å². The molecule has 58 heavy (non-hydrogen) atoms. The van der Waals surface area contributed by atoms with Crippen LogP contribution in [0.3, 0.4) is 0 Å². The number of hydrogen-bond donors (Lipinski definition) is 0. The smallest absolute Gasteiger partial charge is 0.417 e. The number of nitro benzene ring substituents is 1. The molecular formula is C37H37F4N9O7S. The third kappa shape index (κ3) is 6.03. The van der Waals surface area contributed by atoms with E-state index in [1.165, 1.54) is 54.7 Å². The van der Waals surface area contributed by atoms with Crippen molar-refractivity contribution in [2.75, 3.05) is 26.3 Å². The molecule has 0 saturated carbocycles. The molecule has 3 aliphatic heterocycles. The monoisotopic (exact) mass is 827 g/mol. The Morgan fingerprint density at radius 1 is 1.12 bits per heavy atom. The van der Waals surface area contributed by atoms with Crippen LogP contribution in [0.2, 0.25) is 0 Å². The fraction of sp³-hybridized carbons (Fsp3) is 0.459. The van der Waals surface area contributed by atoms with Gasteiger partial charge in [0.2, 0.25) is 0 Å². The van der Waals surface area contributed by atoms with Crippen molar-refractivity contribution in [1.29, 1.82) is 0 Å². The summed E-state index contributed by atoms with van der Waals surface area (Å²) in [6.07, 6.45) is -1.03. The largest absolute Gasteiger partial charge is 0.461 e. The zero-order chi connectivity index (χ0) is 40.9. The Bertz CT molecular complexity index is 2760. The summed E-state index contributed by atoms with van der Waals surface area (Å²) in [5.41, 5.74) is -2.17. The van der Waals surface area contributed by atoms with Crippen LogP contribution < -0.4 is 8.92 Å². The molecule has 306 valence electrons. The van der Waals surface area contributed by atoms with Gasteiger partial charge in [0.15, 0.2) is 16.8 Å². The lowest BCUT2D eigenvalue weighted by atomic mass is 9.94. The van der Waals surface area contributed by atoms with Crippen molar-refractivity contribution in [3.05, 3.63) is 57.8 Å². The van der Waals surface area contributed by atoms with Crippen LogP contribution in [0, 0.1) is 17.0 Å². The van der Waals surface area contributed by atoms with E-state index < -0.39 is 61.2 Å². The molecule has 3 atom stereocenters. The van der Waals surface area contributed by atoms with Crippen molar-refractivity contribution in [2.24, 2.45) is 14.1 Å². The first-order valence-corrected chi connectivity index (χ1v) is 20.1. The van der Waals surface area contributed by atoms with Crippen molar-refractivity contribution in [3.8, 4) is 23.1 Å². The van der Waals surface area contributed by atoms with Gasteiger partial charge >= 0.3 is 22.3 Å². The third-order valence-corrected chi connectivity index (χ3v) is 12.8. The molecule has 4 aromatic heterocycles. The van der Waals surface area contributed by atoms with Gasteiger partial charge in [-0.05, 0) is 63.3 Å². The second kappa shape index (κ2) is 13.6. The van der Waals surface area contributed by atoms with Gasteiger partial charge in [-0.3, -0.25) is 19.7 Å². The summed E-state index contributed by atoms with van der Waals surface area (Å²) in [5, 5.41) is 21.1.